The first kappa shape index (κ1) is 18.8. The fourth-order valence-electron chi connectivity index (χ4n) is 2.75. The summed E-state index contributed by atoms with van der Waals surface area (Å²) < 4.78 is 36.2. The number of alkyl halides is 2. The molecule has 0 radical (unpaired) electrons. The summed E-state index contributed by atoms with van der Waals surface area (Å²) in [5, 5.41) is 4.58. The zero-order valence-corrected chi connectivity index (χ0v) is 15.1. The van der Waals surface area contributed by atoms with Crippen LogP contribution in [0.1, 0.15) is 37.2 Å². The molecule has 0 saturated carbocycles. The molecule has 0 amide bonds. The van der Waals surface area contributed by atoms with Crippen molar-refractivity contribution in [3.05, 3.63) is 42.1 Å². The molecular formula is C19H19F2N3O3. The van der Waals surface area contributed by atoms with E-state index >= 15 is 0 Å². The minimum absolute atomic E-state index is 0.000919. The number of nitrogens with zero attached hydrogens (tertiary/aromatic N) is 3. The highest BCUT2D eigenvalue weighted by atomic mass is 19.3. The molecule has 0 aliphatic rings. The van der Waals surface area contributed by atoms with Gasteiger partial charge in [0, 0.05) is 17.8 Å². The van der Waals surface area contributed by atoms with E-state index in [-0.39, 0.29) is 18.4 Å². The summed E-state index contributed by atoms with van der Waals surface area (Å²) in [6.45, 7) is 2.99. The highest BCUT2D eigenvalue weighted by Crippen LogP contribution is 2.31. The van der Waals surface area contributed by atoms with E-state index in [1.54, 1.807) is 29.8 Å². The molecule has 3 rings (SSSR count). The predicted octanol–water partition coefficient (Wildman–Crippen LogP) is 4.46. The summed E-state index contributed by atoms with van der Waals surface area (Å²) in [6.07, 6.45) is 1.43. The molecule has 6 nitrogen and oxygen atoms in total. The first-order valence-corrected chi connectivity index (χ1v) is 8.51. The lowest BCUT2D eigenvalue weighted by molar-refractivity contribution is -0.0498. The van der Waals surface area contributed by atoms with Crippen LogP contribution in [0.25, 0.3) is 22.3 Å². The summed E-state index contributed by atoms with van der Waals surface area (Å²) >= 11 is 0. The molecule has 142 valence electrons. The van der Waals surface area contributed by atoms with Crippen LogP contribution in [0.3, 0.4) is 0 Å². The summed E-state index contributed by atoms with van der Waals surface area (Å²) in [4.78, 5) is 16.4. The van der Waals surface area contributed by atoms with Crippen molar-refractivity contribution >= 4 is 17.0 Å². The number of hydrogen-bond acceptors (Lipinski definition) is 5. The van der Waals surface area contributed by atoms with Gasteiger partial charge >= 0.3 is 12.6 Å². The minimum atomic E-state index is -2.91. The number of ether oxygens (including phenoxy) is 2. The fourth-order valence-corrected chi connectivity index (χ4v) is 2.75. The van der Waals surface area contributed by atoms with Crippen LogP contribution >= 0.6 is 0 Å². The van der Waals surface area contributed by atoms with Crippen LogP contribution in [0.15, 0.2) is 36.5 Å². The SMILES string of the molecule is CCOC(=O)c1cnc2c(-c3cccc(OC(F)F)c3)nn(C(C)C)c2c1. The molecule has 27 heavy (non-hydrogen) atoms. The maximum atomic E-state index is 12.5. The Bertz CT molecular complexity index is 970. The minimum Gasteiger partial charge on any atom is -0.462 e. The van der Waals surface area contributed by atoms with E-state index in [0.29, 0.717) is 27.9 Å². The number of carbonyl (C=O) groups is 1. The van der Waals surface area contributed by atoms with Crippen molar-refractivity contribution in [3.8, 4) is 17.0 Å². The van der Waals surface area contributed by atoms with E-state index in [2.05, 4.69) is 14.8 Å². The standard InChI is InChI=1S/C19H19F2N3O3/c1-4-26-18(25)13-9-15-17(22-10-13)16(23-24(15)11(2)3)12-6-5-7-14(8-12)27-19(20)21/h5-11,19H,4H2,1-3H3. The van der Waals surface area contributed by atoms with Crippen LogP contribution in [0.2, 0.25) is 0 Å². The third kappa shape index (κ3) is 3.89. The van der Waals surface area contributed by atoms with Gasteiger partial charge in [0.2, 0.25) is 0 Å². The lowest BCUT2D eigenvalue weighted by Crippen LogP contribution is -2.07. The third-order valence-corrected chi connectivity index (χ3v) is 3.88. The number of carbonyl (C=O) groups excluding carboxylic acids is 1. The van der Waals surface area contributed by atoms with E-state index < -0.39 is 12.6 Å². The average Bonchev–Trinajstić information content (AvgIpc) is 3.00. The van der Waals surface area contributed by atoms with E-state index in [0.717, 1.165) is 0 Å². The Morgan fingerprint density at radius 3 is 2.70 bits per heavy atom. The Hall–Kier alpha value is -3.03. The number of pyridine rings is 1. The molecule has 0 saturated heterocycles. The van der Waals surface area contributed by atoms with Crippen molar-refractivity contribution < 1.29 is 23.0 Å². The van der Waals surface area contributed by atoms with Gasteiger partial charge in [0.1, 0.15) is 17.0 Å². The summed E-state index contributed by atoms with van der Waals surface area (Å²) in [5.41, 5.74) is 2.66. The van der Waals surface area contributed by atoms with Gasteiger partial charge in [-0.3, -0.25) is 9.67 Å². The van der Waals surface area contributed by atoms with Gasteiger partial charge < -0.3 is 9.47 Å². The van der Waals surface area contributed by atoms with Crippen molar-refractivity contribution in [2.45, 2.75) is 33.4 Å². The number of aromatic nitrogens is 3. The molecule has 0 aliphatic carbocycles. The number of halogens is 2. The van der Waals surface area contributed by atoms with Gasteiger partial charge in [0.15, 0.2) is 0 Å². The van der Waals surface area contributed by atoms with Crippen molar-refractivity contribution in [2.75, 3.05) is 6.61 Å². The molecule has 0 N–H and O–H groups in total. The lowest BCUT2D eigenvalue weighted by Gasteiger charge is -2.07. The normalized spacial score (nSPS) is 11.4. The Morgan fingerprint density at radius 2 is 2.04 bits per heavy atom. The van der Waals surface area contributed by atoms with Crippen LogP contribution in [-0.2, 0) is 4.74 Å². The van der Waals surface area contributed by atoms with Crippen LogP contribution in [0.5, 0.6) is 5.75 Å². The van der Waals surface area contributed by atoms with Crippen LogP contribution in [-0.4, -0.2) is 34.0 Å². The Balaban J connectivity index is 2.13. The Kier molecular flexibility index (Phi) is 5.34. The van der Waals surface area contributed by atoms with Gasteiger partial charge in [-0.2, -0.15) is 13.9 Å². The molecular weight excluding hydrogens is 356 g/mol. The molecule has 0 fully saturated rings. The molecule has 3 aromatic rings. The molecule has 2 aromatic heterocycles. The summed E-state index contributed by atoms with van der Waals surface area (Å²) in [5.74, 6) is -0.421. The zero-order chi connectivity index (χ0) is 19.6. The van der Waals surface area contributed by atoms with Crippen LogP contribution in [0.4, 0.5) is 8.78 Å². The van der Waals surface area contributed by atoms with Gasteiger partial charge in [-0.1, -0.05) is 12.1 Å². The fraction of sp³-hybridized carbons (Fsp3) is 0.316. The number of fused-ring (bicyclic) bond motifs is 1. The number of rotatable bonds is 6. The first-order valence-electron chi connectivity index (χ1n) is 8.51. The van der Waals surface area contributed by atoms with Gasteiger partial charge in [0.25, 0.3) is 0 Å². The summed E-state index contributed by atoms with van der Waals surface area (Å²) in [7, 11) is 0. The monoisotopic (exact) mass is 375 g/mol. The maximum Gasteiger partial charge on any atom is 0.387 e. The molecule has 0 atom stereocenters. The van der Waals surface area contributed by atoms with E-state index in [4.69, 9.17) is 4.74 Å². The molecule has 0 aliphatic heterocycles. The number of hydrogen-bond donors (Lipinski definition) is 0. The Labute approximate surface area is 154 Å². The van der Waals surface area contributed by atoms with Gasteiger partial charge in [-0.05, 0) is 39.0 Å². The third-order valence-electron chi connectivity index (χ3n) is 3.88. The van der Waals surface area contributed by atoms with Gasteiger partial charge in [0.05, 0.1) is 17.7 Å². The van der Waals surface area contributed by atoms with Gasteiger partial charge in [-0.15, -0.1) is 0 Å². The van der Waals surface area contributed by atoms with Crippen molar-refractivity contribution in [3.63, 3.8) is 0 Å². The molecule has 0 spiro atoms. The van der Waals surface area contributed by atoms with Crippen LogP contribution < -0.4 is 4.74 Å². The number of esters is 1. The maximum absolute atomic E-state index is 12.5. The average molecular weight is 375 g/mol. The molecule has 2 heterocycles. The zero-order valence-electron chi connectivity index (χ0n) is 15.1. The van der Waals surface area contributed by atoms with Crippen molar-refractivity contribution in [1.29, 1.82) is 0 Å². The predicted molar refractivity (Wildman–Crippen MR) is 95.9 cm³/mol. The highest BCUT2D eigenvalue weighted by Gasteiger charge is 2.19. The highest BCUT2D eigenvalue weighted by molar-refractivity contribution is 5.96. The van der Waals surface area contributed by atoms with Gasteiger partial charge in [-0.25, -0.2) is 4.79 Å². The molecule has 0 unspecified atom stereocenters. The second kappa shape index (κ2) is 7.69. The molecule has 8 heteroatoms. The Morgan fingerprint density at radius 1 is 1.26 bits per heavy atom. The molecule has 0 bridgehead atoms. The second-order valence-electron chi connectivity index (χ2n) is 6.11. The second-order valence-corrected chi connectivity index (χ2v) is 6.11. The van der Waals surface area contributed by atoms with E-state index in [9.17, 15) is 13.6 Å². The first-order chi connectivity index (χ1) is 12.9. The topological polar surface area (TPSA) is 66.2 Å². The van der Waals surface area contributed by atoms with E-state index in [1.807, 2.05) is 13.8 Å². The quantitative estimate of drug-likeness (QED) is 0.595. The molecule has 1 aromatic carbocycles. The van der Waals surface area contributed by atoms with Crippen molar-refractivity contribution in [1.82, 2.24) is 14.8 Å². The lowest BCUT2D eigenvalue weighted by atomic mass is 10.1. The van der Waals surface area contributed by atoms with Crippen LogP contribution in [0, 0.1) is 0 Å². The summed E-state index contributed by atoms with van der Waals surface area (Å²) in [6, 6.07) is 7.96. The van der Waals surface area contributed by atoms with Crippen molar-refractivity contribution in [2.24, 2.45) is 0 Å². The number of benzene rings is 1. The largest absolute Gasteiger partial charge is 0.462 e. The smallest absolute Gasteiger partial charge is 0.387 e. The van der Waals surface area contributed by atoms with E-state index in [1.165, 1.54) is 18.3 Å².